The van der Waals surface area contributed by atoms with Gasteiger partial charge in [-0.1, -0.05) is 18.2 Å². The number of benzene rings is 1. The minimum Gasteiger partial charge on any atom is -0.459 e. The molecule has 0 spiro atoms. The molecule has 0 saturated heterocycles. The Labute approximate surface area is 115 Å². The van der Waals surface area contributed by atoms with Gasteiger partial charge in [0.05, 0.1) is 5.56 Å². The van der Waals surface area contributed by atoms with Crippen molar-refractivity contribution >= 4 is 19.5 Å². The summed E-state index contributed by atoms with van der Waals surface area (Å²) in [5.41, 5.74) is 0.609. The fraction of sp³-hybridized carbons (Fsp3) is 0.500. The Morgan fingerprint density at radius 1 is 1.28 bits per heavy atom. The maximum atomic E-state index is 11.8. The lowest BCUT2D eigenvalue weighted by Crippen LogP contribution is -2.15. The molecule has 1 aliphatic carbocycles. The van der Waals surface area contributed by atoms with E-state index in [1.54, 1.807) is 12.1 Å². The third kappa shape index (κ3) is 4.03. The number of aliphatic hydroxyl groups excluding tert-OH is 1. The van der Waals surface area contributed by atoms with Crippen LogP contribution in [0, 0.1) is 5.92 Å². The van der Waals surface area contributed by atoms with E-state index in [-0.39, 0.29) is 32.2 Å². The van der Waals surface area contributed by atoms with Crippen LogP contribution in [-0.4, -0.2) is 23.8 Å². The van der Waals surface area contributed by atoms with Gasteiger partial charge in [0.15, 0.2) is 0 Å². The number of hydrogen-bond acceptors (Lipinski definition) is 3. The third-order valence-corrected chi connectivity index (χ3v) is 3.31. The average Bonchev–Trinajstić information content (AvgIpc) is 2.78. The molecule has 0 unspecified atom stereocenters. The molecule has 1 aromatic carbocycles. The summed E-state index contributed by atoms with van der Waals surface area (Å²) in [4.78, 5) is 11.8. The Morgan fingerprint density at radius 2 is 2.00 bits per heavy atom. The molecule has 2 rings (SSSR count). The van der Waals surface area contributed by atoms with E-state index in [1.165, 1.54) is 0 Å². The van der Waals surface area contributed by atoms with Crippen LogP contribution in [0.1, 0.15) is 36.0 Å². The van der Waals surface area contributed by atoms with Crippen LogP contribution in [0.3, 0.4) is 0 Å². The third-order valence-electron chi connectivity index (χ3n) is 3.31. The minimum absolute atomic E-state index is 0. The first kappa shape index (κ1) is 15.1. The van der Waals surface area contributed by atoms with Crippen molar-refractivity contribution in [3.63, 3.8) is 0 Å². The second-order valence-electron chi connectivity index (χ2n) is 4.58. The lowest BCUT2D eigenvalue weighted by atomic mass is 10.1. The highest BCUT2D eigenvalue weighted by atomic mass is 32.1. The molecule has 2 atom stereocenters. The number of ether oxygens (including phenoxy) is 1. The van der Waals surface area contributed by atoms with Crippen LogP contribution < -0.4 is 0 Å². The van der Waals surface area contributed by atoms with E-state index >= 15 is 0 Å². The van der Waals surface area contributed by atoms with Gasteiger partial charge in [-0.25, -0.2) is 4.79 Å². The zero-order chi connectivity index (χ0) is 12.1. The lowest BCUT2D eigenvalue weighted by molar-refractivity contribution is 0.0307. The molecule has 1 N–H and O–H groups in total. The monoisotopic (exact) mass is 268 g/mol. The van der Waals surface area contributed by atoms with Crippen LogP contribution in [0.4, 0.5) is 0 Å². The number of carbonyl (C=O) groups is 1. The fourth-order valence-electron chi connectivity index (χ4n) is 2.37. The van der Waals surface area contributed by atoms with Crippen molar-refractivity contribution in [2.45, 2.75) is 31.8 Å². The second kappa shape index (κ2) is 7.44. The van der Waals surface area contributed by atoms with Crippen LogP contribution >= 0.6 is 13.5 Å². The number of aliphatic hydroxyl groups is 1. The van der Waals surface area contributed by atoms with Crippen molar-refractivity contribution in [3.05, 3.63) is 35.9 Å². The Balaban J connectivity index is 0.00000162. The van der Waals surface area contributed by atoms with Crippen molar-refractivity contribution in [1.82, 2.24) is 0 Å². The van der Waals surface area contributed by atoms with Crippen molar-refractivity contribution in [2.24, 2.45) is 5.92 Å². The normalized spacial score (nSPS) is 22.3. The minimum atomic E-state index is -0.236. The molecule has 0 bridgehead atoms. The van der Waals surface area contributed by atoms with Gasteiger partial charge in [-0.2, -0.15) is 13.5 Å². The van der Waals surface area contributed by atoms with Gasteiger partial charge in [-0.3, -0.25) is 0 Å². The molecule has 1 fully saturated rings. The van der Waals surface area contributed by atoms with E-state index in [0.717, 1.165) is 25.7 Å². The Bertz CT molecular complexity index is 367. The van der Waals surface area contributed by atoms with Crippen molar-refractivity contribution < 1.29 is 14.6 Å². The highest BCUT2D eigenvalue weighted by Crippen LogP contribution is 2.30. The van der Waals surface area contributed by atoms with E-state index in [2.05, 4.69) is 0 Å². The molecule has 1 aliphatic rings. The van der Waals surface area contributed by atoms with E-state index in [1.807, 2.05) is 18.2 Å². The van der Waals surface area contributed by atoms with E-state index < -0.39 is 0 Å². The Morgan fingerprint density at radius 3 is 2.67 bits per heavy atom. The summed E-state index contributed by atoms with van der Waals surface area (Å²) >= 11 is 0. The lowest BCUT2D eigenvalue weighted by Gasteiger charge is -2.12. The molecular formula is C14H20O3S. The van der Waals surface area contributed by atoms with E-state index in [9.17, 15) is 4.79 Å². The van der Waals surface area contributed by atoms with Crippen LogP contribution in [-0.2, 0) is 4.74 Å². The molecule has 100 valence electrons. The summed E-state index contributed by atoms with van der Waals surface area (Å²) in [6.45, 7) is 0.226. The van der Waals surface area contributed by atoms with Gasteiger partial charge in [0.1, 0.15) is 6.10 Å². The van der Waals surface area contributed by atoms with Gasteiger partial charge >= 0.3 is 5.97 Å². The number of esters is 1. The average molecular weight is 268 g/mol. The molecule has 4 heteroatoms. The van der Waals surface area contributed by atoms with Gasteiger partial charge in [-0.05, 0) is 43.7 Å². The molecule has 0 radical (unpaired) electrons. The highest BCUT2D eigenvalue weighted by molar-refractivity contribution is 7.59. The van der Waals surface area contributed by atoms with Crippen LogP contribution in [0.2, 0.25) is 0 Å². The smallest absolute Gasteiger partial charge is 0.338 e. The maximum absolute atomic E-state index is 11.8. The molecule has 0 heterocycles. The van der Waals surface area contributed by atoms with E-state index in [4.69, 9.17) is 9.84 Å². The standard InChI is InChI=1S/C14H18O3.H2S/c15-9-8-11-6-7-13(10-11)17-14(16)12-4-2-1-3-5-12;/h1-5,11,13,15H,6-10H2;1H2/t11-,13+;/m0./s1. The van der Waals surface area contributed by atoms with Gasteiger partial charge < -0.3 is 9.84 Å². The summed E-state index contributed by atoms with van der Waals surface area (Å²) in [7, 11) is 0. The SMILES string of the molecule is O=C(O[C@@H]1CC[C@@H](CCO)C1)c1ccccc1.S. The molecule has 1 aromatic rings. The summed E-state index contributed by atoms with van der Waals surface area (Å²) in [5.74, 6) is 0.272. The zero-order valence-electron chi connectivity index (χ0n) is 10.3. The van der Waals surface area contributed by atoms with Crippen molar-refractivity contribution in [3.8, 4) is 0 Å². The first-order valence-electron chi connectivity index (χ1n) is 6.16. The summed E-state index contributed by atoms with van der Waals surface area (Å²) in [6.07, 6.45) is 3.70. The number of rotatable bonds is 4. The molecule has 3 nitrogen and oxygen atoms in total. The summed E-state index contributed by atoms with van der Waals surface area (Å²) in [6, 6.07) is 9.08. The highest BCUT2D eigenvalue weighted by Gasteiger charge is 2.27. The van der Waals surface area contributed by atoms with Crippen LogP contribution in [0.5, 0.6) is 0 Å². The predicted molar refractivity (Wildman–Crippen MR) is 75.1 cm³/mol. The molecular weight excluding hydrogens is 248 g/mol. The fourth-order valence-corrected chi connectivity index (χ4v) is 2.37. The molecule has 0 amide bonds. The second-order valence-corrected chi connectivity index (χ2v) is 4.58. The summed E-state index contributed by atoms with van der Waals surface area (Å²) in [5, 5.41) is 8.87. The number of hydrogen-bond donors (Lipinski definition) is 1. The topological polar surface area (TPSA) is 46.5 Å². The predicted octanol–water partition coefficient (Wildman–Crippen LogP) is 2.51. The van der Waals surface area contributed by atoms with Gasteiger partial charge in [-0.15, -0.1) is 0 Å². The molecule has 0 aromatic heterocycles. The Kier molecular flexibility index (Phi) is 6.22. The van der Waals surface area contributed by atoms with Gasteiger partial charge in [0.2, 0.25) is 0 Å². The van der Waals surface area contributed by atoms with Crippen molar-refractivity contribution in [1.29, 1.82) is 0 Å². The first-order valence-corrected chi connectivity index (χ1v) is 6.16. The number of carbonyl (C=O) groups excluding carboxylic acids is 1. The molecule has 1 saturated carbocycles. The van der Waals surface area contributed by atoms with Gasteiger partial charge in [0, 0.05) is 6.61 Å². The summed E-state index contributed by atoms with van der Waals surface area (Å²) < 4.78 is 5.45. The first-order chi connectivity index (χ1) is 8.29. The maximum Gasteiger partial charge on any atom is 0.338 e. The largest absolute Gasteiger partial charge is 0.459 e. The van der Waals surface area contributed by atoms with Gasteiger partial charge in [0.25, 0.3) is 0 Å². The van der Waals surface area contributed by atoms with Crippen molar-refractivity contribution in [2.75, 3.05) is 6.61 Å². The zero-order valence-corrected chi connectivity index (χ0v) is 11.3. The van der Waals surface area contributed by atoms with Crippen LogP contribution in [0.15, 0.2) is 30.3 Å². The van der Waals surface area contributed by atoms with Crippen LogP contribution in [0.25, 0.3) is 0 Å². The Hall–Kier alpha value is -1.00. The molecule has 18 heavy (non-hydrogen) atoms. The molecule has 0 aliphatic heterocycles. The quantitative estimate of drug-likeness (QED) is 0.853. The van der Waals surface area contributed by atoms with E-state index in [0.29, 0.717) is 11.5 Å².